The zero-order valence-corrected chi connectivity index (χ0v) is 15.3. The summed E-state index contributed by atoms with van der Waals surface area (Å²) in [6.45, 7) is 2.52. The number of nitrogens with one attached hydrogen (secondary N) is 2. The van der Waals surface area contributed by atoms with Crippen molar-refractivity contribution in [3.63, 3.8) is 0 Å². The van der Waals surface area contributed by atoms with Crippen LogP contribution in [0.2, 0.25) is 0 Å². The highest BCUT2D eigenvalue weighted by Crippen LogP contribution is 2.47. The molecule has 0 spiro atoms. The van der Waals surface area contributed by atoms with E-state index >= 15 is 0 Å². The number of aromatic hydroxyl groups is 1. The fourth-order valence-corrected chi connectivity index (χ4v) is 5.43. The lowest BCUT2D eigenvalue weighted by atomic mass is 9.75. The van der Waals surface area contributed by atoms with Gasteiger partial charge in [0.05, 0.1) is 6.04 Å². The van der Waals surface area contributed by atoms with Crippen LogP contribution >= 0.6 is 0 Å². The van der Waals surface area contributed by atoms with E-state index < -0.39 is 11.2 Å². The first-order chi connectivity index (χ1) is 13.5. The third-order valence-electron chi connectivity index (χ3n) is 6.60. The Balaban J connectivity index is 1.56. The summed E-state index contributed by atoms with van der Waals surface area (Å²) in [6.07, 6.45) is 3.29. The van der Waals surface area contributed by atoms with Crippen LogP contribution in [0.3, 0.4) is 0 Å². The van der Waals surface area contributed by atoms with E-state index in [1.807, 2.05) is 17.0 Å². The quantitative estimate of drug-likeness (QED) is 0.700. The van der Waals surface area contributed by atoms with Gasteiger partial charge >= 0.3 is 5.69 Å². The molecule has 0 radical (unpaired) electrons. The number of hydrogen-bond acceptors (Lipinski definition) is 5. The molecule has 4 saturated heterocycles. The van der Waals surface area contributed by atoms with Crippen molar-refractivity contribution in [3.05, 3.63) is 62.4 Å². The summed E-state index contributed by atoms with van der Waals surface area (Å²) in [7, 11) is 0. The lowest BCUT2D eigenvalue weighted by Crippen LogP contribution is -2.61. The van der Waals surface area contributed by atoms with Gasteiger partial charge in [0.25, 0.3) is 11.5 Å². The molecule has 146 valence electrons. The highest BCUT2D eigenvalue weighted by Gasteiger charge is 2.54. The highest BCUT2D eigenvalue weighted by atomic mass is 16.3. The first-order valence-electron chi connectivity index (χ1n) is 9.69. The van der Waals surface area contributed by atoms with Gasteiger partial charge in [0.1, 0.15) is 11.3 Å². The zero-order chi connectivity index (χ0) is 19.4. The van der Waals surface area contributed by atoms with Crippen molar-refractivity contribution in [1.82, 2.24) is 19.8 Å². The van der Waals surface area contributed by atoms with Crippen molar-refractivity contribution >= 4 is 5.91 Å². The summed E-state index contributed by atoms with van der Waals surface area (Å²) in [4.78, 5) is 45.6. The molecular formula is C20H22N4O4. The normalized spacial score (nSPS) is 31.0. The minimum atomic E-state index is -0.660. The number of hydrogen-bond donors (Lipinski definition) is 3. The highest BCUT2D eigenvalue weighted by molar-refractivity contribution is 5.94. The van der Waals surface area contributed by atoms with E-state index in [-0.39, 0.29) is 35.2 Å². The second kappa shape index (κ2) is 6.34. The van der Waals surface area contributed by atoms with Crippen molar-refractivity contribution < 1.29 is 9.90 Å². The van der Waals surface area contributed by atoms with Crippen LogP contribution in [0.15, 0.2) is 40.1 Å². The molecule has 3 atom stereocenters. The maximum atomic E-state index is 13.3. The molecule has 8 nitrogen and oxygen atoms in total. The van der Waals surface area contributed by atoms with E-state index in [9.17, 15) is 19.5 Å². The summed E-state index contributed by atoms with van der Waals surface area (Å²) in [5.41, 5.74) is -0.312. The van der Waals surface area contributed by atoms with E-state index in [0.717, 1.165) is 31.5 Å². The van der Waals surface area contributed by atoms with E-state index in [0.29, 0.717) is 12.5 Å². The molecule has 1 aromatic heterocycles. The Morgan fingerprint density at radius 2 is 1.93 bits per heavy atom. The van der Waals surface area contributed by atoms with Crippen LogP contribution in [0.4, 0.5) is 0 Å². The number of phenols is 1. The number of benzene rings is 1. The average molecular weight is 382 g/mol. The number of fused-ring (bicyclic) bond motifs is 2. The largest absolute Gasteiger partial charge is 0.508 e. The molecule has 2 bridgehead atoms. The number of carbonyl (C=O) groups excluding carboxylic acids is 1. The number of H-pyrrole nitrogens is 2. The molecule has 28 heavy (non-hydrogen) atoms. The van der Waals surface area contributed by atoms with Crippen LogP contribution in [0.25, 0.3) is 0 Å². The number of rotatable bonds is 2. The Morgan fingerprint density at radius 3 is 2.64 bits per heavy atom. The Morgan fingerprint density at radius 1 is 1.14 bits per heavy atom. The Labute approximate surface area is 160 Å². The Kier molecular flexibility index (Phi) is 3.90. The van der Waals surface area contributed by atoms with E-state index in [2.05, 4.69) is 14.9 Å². The van der Waals surface area contributed by atoms with Crippen molar-refractivity contribution in [2.24, 2.45) is 5.92 Å². The average Bonchev–Trinajstić information content (AvgIpc) is 3.11. The van der Waals surface area contributed by atoms with Crippen molar-refractivity contribution in [1.29, 1.82) is 0 Å². The minimum Gasteiger partial charge on any atom is -0.508 e. The van der Waals surface area contributed by atoms with Crippen molar-refractivity contribution in [2.45, 2.75) is 30.8 Å². The van der Waals surface area contributed by atoms with Crippen LogP contribution in [0.1, 0.15) is 34.7 Å². The SMILES string of the molecule is O=C(c1c[nH]c(=O)[nH]c1=O)N1C[C@@H](c2cccc(O)c2)[C@@H]2[C@H]1C1CCN2CC1. The molecule has 4 fully saturated rings. The molecule has 8 heteroatoms. The van der Waals surface area contributed by atoms with Crippen LogP contribution < -0.4 is 11.2 Å². The summed E-state index contributed by atoms with van der Waals surface area (Å²) in [5, 5.41) is 9.94. The van der Waals surface area contributed by atoms with Crippen LogP contribution in [0, 0.1) is 5.92 Å². The number of phenolic OH excluding ortho intramolecular Hbond substituents is 1. The fraction of sp³-hybridized carbons (Fsp3) is 0.450. The molecule has 3 N–H and O–H groups in total. The summed E-state index contributed by atoms with van der Waals surface area (Å²) < 4.78 is 0. The molecule has 1 aromatic carbocycles. The molecule has 0 unspecified atom stereocenters. The van der Waals surface area contributed by atoms with Crippen molar-refractivity contribution in [2.75, 3.05) is 19.6 Å². The van der Waals surface area contributed by atoms with E-state index in [1.54, 1.807) is 12.1 Å². The molecule has 5 heterocycles. The van der Waals surface area contributed by atoms with Gasteiger partial charge in [-0.3, -0.25) is 19.5 Å². The molecule has 1 amide bonds. The van der Waals surface area contributed by atoms with Gasteiger partial charge in [-0.15, -0.1) is 0 Å². The number of carbonyl (C=O) groups is 1. The zero-order valence-electron chi connectivity index (χ0n) is 15.3. The van der Waals surface area contributed by atoms with Gasteiger partial charge in [0.2, 0.25) is 0 Å². The number of nitrogens with zero attached hydrogens (tertiary/aromatic N) is 2. The van der Waals surface area contributed by atoms with Crippen LogP contribution in [-0.4, -0.2) is 62.5 Å². The molecule has 4 aliphatic rings. The van der Waals surface area contributed by atoms with Gasteiger partial charge in [0.15, 0.2) is 0 Å². The maximum absolute atomic E-state index is 13.3. The predicted octanol–water partition coefficient (Wildman–Crippen LogP) is 0.471. The monoisotopic (exact) mass is 382 g/mol. The predicted molar refractivity (Wildman–Crippen MR) is 101 cm³/mol. The third kappa shape index (κ3) is 2.59. The maximum Gasteiger partial charge on any atom is 0.325 e. The number of aromatic amines is 2. The smallest absolute Gasteiger partial charge is 0.325 e. The first kappa shape index (κ1) is 17.2. The second-order valence-electron chi connectivity index (χ2n) is 8.00. The number of amides is 1. The summed E-state index contributed by atoms with van der Waals surface area (Å²) in [6, 6.07) is 7.45. The molecular weight excluding hydrogens is 360 g/mol. The third-order valence-corrected chi connectivity index (χ3v) is 6.60. The van der Waals surface area contributed by atoms with Gasteiger partial charge in [0, 0.05) is 24.7 Å². The Bertz CT molecular complexity index is 1040. The summed E-state index contributed by atoms with van der Waals surface area (Å²) in [5.74, 6) is 0.352. The number of aromatic nitrogens is 2. The lowest BCUT2D eigenvalue weighted by molar-refractivity contribution is -0.00348. The Hall–Kier alpha value is -2.87. The fourth-order valence-electron chi connectivity index (χ4n) is 5.43. The molecule has 6 rings (SSSR count). The van der Waals surface area contributed by atoms with Gasteiger partial charge in [-0.25, -0.2) is 4.79 Å². The standard InChI is InChI=1S/C20H22N4O4/c25-13-3-1-2-12(8-13)15-10-24(16-11-4-6-23(7-5-11)17(15)16)19(27)14-9-21-20(28)22-18(14)26/h1-3,8-9,11,15-17,25H,4-7,10H2,(H2,21,22,26,28)/t15-,16+,17+/m0/s1. The first-order valence-corrected chi connectivity index (χ1v) is 9.69. The van der Waals surface area contributed by atoms with Gasteiger partial charge in [-0.05, 0) is 49.5 Å². The molecule has 4 aliphatic heterocycles. The van der Waals surface area contributed by atoms with Crippen LogP contribution in [-0.2, 0) is 0 Å². The van der Waals surface area contributed by atoms with E-state index in [4.69, 9.17) is 0 Å². The lowest BCUT2D eigenvalue weighted by Gasteiger charge is -2.51. The van der Waals surface area contributed by atoms with Gasteiger partial charge in [-0.2, -0.15) is 0 Å². The molecule has 0 saturated carbocycles. The number of likely N-dealkylation sites (tertiary alicyclic amines) is 1. The van der Waals surface area contributed by atoms with Gasteiger partial charge < -0.3 is 15.0 Å². The number of piperidine rings is 3. The van der Waals surface area contributed by atoms with E-state index in [1.165, 1.54) is 6.20 Å². The molecule has 2 aromatic rings. The summed E-state index contributed by atoms with van der Waals surface area (Å²) >= 11 is 0. The van der Waals surface area contributed by atoms with Crippen LogP contribution in [0.5, 0.6) is 5.75 Å². The van der Waals surface area contributed by atoms with Crippen molar-refractivity contribution in [3.8, 4) is 5.75 Å². The topological polar surface area (TPSA) is 109 Å². The minimum absolute atomic E-state index is 0.0358. The van der Waals surface area contributed by atoms with Gasteiger partial charge in [-0.1, -0.05) is 12.1 Å². The molecule has 0 aliphatic carbocycles. The second-order valence-corrected chi connectivity index (χ2v) is 8.00.